The van der Waals surface area contributed by atoms with E-state index in [-0.39, 0.29) is 18.7 Å². The summed E-state index contributed by atoms with van der Waals surface area (Å²) in [6.07, 6.45) is 0. The summed E-state index contributed by atoms with van der Waals surface area (Å²) in [7, 11) is 0. The van der Waals surface area contributed by atoms with Crippen LogP contribution >= 0.6 is 0 Å². The monoisotopic (exact) mass is 132 g/mol. The molecule has 1 saturated heterocycles. The molecule has 0 aliphatic carbocycles. The highest BCUT2D eigenvalue weighted by Gasteiger charge is 2.19. The first-order valence-electron chi connectivity index (χ1n) is 3.02. The van der Waals surface area contributed by atoms with E-state index in [2.05, 4.69) is 5.32 Å². The van der Waals surface area contributed by atoms with Gasteiger partial charge in [0.15, 0.2) is 0 Å². The highest BCUT2D eigenvalue weighted by atomic mass is 16.5. The number of rotatable bonds is 1. The molecule has 0 amide bonds. The molecule has 1 aliphatic rings. The van der Waals surface area contributed by atoms with Gasteiger partial charge in [-0.1, -0.05) is 0 Å². The molecule has 1 fully saturated rings. The third-order valence-electron chi connectivity index (χ3n) is 1.47. The second-order valence-corrected chi connectivity index (χ2v) is 2.17. The van der Waals surface area contributed by atoms with Crippen molar-refractivity contribution in [3.8, 4) is 0 Å². The Balaban J connectivity index is 2.30. The van der Waals surface area contributed by atoms with E-state index in [4.69, 9.17) is 15.6 Å². The predicted molar refractivity (Wildman–Crippen MR) is 32.8 cm³/mol. The van der Waals surface area contributed by atoms with E-state index in [0.717, 1.165) is 0 Å². The van der Waals surface area contributed by atoms with Crippen LogP contribution in [0.2, 0.25) is 0 Å². The van der Waals surface area contributed by atoms with Crippen LogP contribution in [0.4, 0.5) is 0 Å². The molecule has 1 rings (SSSR count). The smallest absolute Gasteiger partial charge is 0.0969 e. The summed E-state index contributed by atoms with van der Waals surface area (Å²) >= 11 is 0. The van der Waals surface area contributed by atoms with Gasteiger partial charge in [-0.25, -0.2) is 0 Å². The third-order valence-corrected chi connectivity index (χ3v) is 1.47. The van der Waals surface area contributed by atoms with Crippen LogP contribution < -0.4 is 11.1 Å². The summed E-state index contributed by atoms with van der Waals surface area (Å²) in [4.78, 5) is 0. The van der Waals surface area contributed by atoms with Gasteiger partial charge in [-0.3, -0.25) is 5.32 Å². The Morgan fingerprint density at radius 2 is 2.56 bits per heavy atom. The standard InChI is InChI=1S/C5H12N2O2/c6-4-2-9-3-7-5(4)1-8/h4-5,7-8H,1-3,6H2. The fourth-order valence-corrected chi connectivity index (χ4v) is 0.828. The lowest BCUT2D eigenvalue weighted by Crippen LogP contribution is -2.54. The predicted octanol–water partition coefficient (Wildman–Crippen LogP) is -1.75. The van der Waals surface area contributed by atoms with Gasteiger partial charge in [0.25, 0.3) is 0 Å². The van der Waals surface area contributed by atoms with Crippen LogP contribution in [-0.2, 0) is 4.74 Å². The zero-order valence-corrected chi connectivity index (χ0v) is 5.21. The molecular weight excluding hydrogens is 120 g/mol. The molecule has 1 aliphatic heterocycles. The summed E-state index contributed by atoms with van der Waals surface area (Å²) in [6.45, 7) is 1.13. The summed E-state index contributed by atoms with van der Waals surface area (Å²) in [6, 6.07) is -0.0532. The molecule has 4 N–H and O–H groups in total. The van der Waals surface area contributed by atoms with E-state index in [1.165, 1.54) is 0 Å². The van der Waals surface area contributed by atoms with Crippen molar-refractivity contribution < 1.29 is 9.84 Å². The van der Waals surface area contributed by atoms with Crippen LogP contribution in [0.5, 0.6) is 0 Å². The lowest BCUT2D eigenvalue weighted by atomic mass is 10.1. The van der Waals surface area contributed by atoms with Crippen molar-refractivity contribution in [3.05, 3.63) is 0 Å². The quantitative estimate of drug-likeness (QED) is 0.396. The molecule has 0 bridgehead atoms. The fourth-order valence-electron chi connectivity index (χ4n) is 0.828. The maximum Gasteiger partial charge on any atom is 0.0969 e. The van der Waals surface area contributed by atoms with Gasteiger partial charge in [0.1, 0.15) is 0 Å². The van der Waals surface area contributed by atoms with Gasteiger partial charge < -0.3 is 15.6 Å². The Hall–Kier alpha value is -0.160. The fraction of sp³-hybridized carbons (Fsp3) is 1.00. The zero-order valence-electron chi connectivity index (χ0n) is 5.21. The minimum Gasteiger partial charge on any atom is -0.395 e. The summed E-state index contributed by atoms with van der Waals surface area (Å²) < 4.78 is 4.97. The van der Waals surface area contributed by atoms with E-state index in [1.807, 2.05) is 0 Å². The number of nitrogens with one attached hydrogen (secondary N) is 1. The molecule has 4 nitrogen and oxygen atoms in total. The number of aliphatic hydroxyl groups excluding tert-OH is 1. The van der Waals surface area contributed by atoms with Crippen LogP contribution in [0.15, 0.2) is 0 Å². The van der Waals surface area contributed by atoms with Crippen molar-refractivity contribution in [1.82, 2.24) is 5.32 Å². The first-order chi connectivity index (χ1) is 4.34. The second-order valence-electron chi connectivity index (χ2n) is 2.17. The van der Waals surface area contributed by atoms with Crippen molar-refractivity contribution in [2.45, 2.75) is 12.1 Å². The first kappa shape index (κ1) is 6.95. The van der Waals surface area contributed by atoms with Crippen LogP contribution in [-0.4, -0.2) is 37.1 Å². The third kappa shape index (κ3) is 1.62. The van der Waals surface area contributed by atoms with E-state index >= 15 is 0 Å². The Kier molecular flexibility index (Phi) is 2.41. The molecule has 0 spiro atoms. The van der Waals surface area contributed by atoms with Crippen molar-refractivity contribution in [1.29, 1.82) is 0 Å². The summed E-state index contributed by atoms with van der Waals surface area (Å²) in [5, 5.41) is 11.6. The number of hydrogen-bond acceptors (Lipinski definition) is 4. The van der Waals surface area contributed by atoms with Gasteiger partial charge in [0, 0.05) is 12.1 Å². The Morgan fingerprint density at radius 1 is 1.78 bits per heavy atom. The highest BCUT2D eigenvalue weighted by molar-refractivity contribution is 4.79. The maximum atomic E-state index is 8.66. The van der Waals surface area contributed by atoms with E-state index in [9.17, 15) is 0 Å². The normalized spacial score (nSPS) is 36.7. The van der Waals surface area contributed by atoms with Crippen LogP contribution in [0.3, 0.4) is 0 Å². The van der Waals surface area contributed by atoms with Crippen molar-refractivity contribution >= 4 is 0 Å². The number of ether oxygens (including phenoxy) is 1. The minimum absolute atomic E-state index is 0.0127. The van der Waals surface area contributed by atoms with Gasteiger partial charge in [0.05, 0.1) is 19.9 Å². The molecule has 0 aromatic rings. The van der Waals surface area contributed by atoms with Gasteiger partial charge in [0.2, 0.25) is 0 Å². The number of hydrogen-bond donors (Lipinski definition) is 3. The lowest BCUT2D eigenvalue weighted by molar-refractivity contribution is 0.0303. The van der Waals surface area contributed by atoms with Crippen molar-refractivity contribution in [2.24, 2.45) is 5.73 Å². The van der Waals surface area contributed by atoms with Gasteiger partial charge in [-0.05, 0) is 0 Å². The molecule has 2 atom stereocenters. The van der Waals surface area contributed by atoms with Crippen molar-refractivity contribution in [3.63, 3.8) is 0 Å². The SMILES string of the molecule is NC1COCNC1CO. The van der Waals surface area contributed by atoms with E-state index in [1.54, 1.807) is 0 Å². The summed E-state index contributed by atoms with van der Waals surface area (Å²) in [5.41, 5.74) is 5.54. The van der Waals surface area contributed by atoms with Crippen molar-refractivity contribution in [2.75, 3.05) is 19.9 Å². The molecular formula is C5H12N2O2. The largest absolute Gasteiger partial charge is 0.395 e. The van der Waals surface area contributed by atoms with Crippen LogP contribution in [0, 0.1) is 0 Å². The highest BCUT2D eigenvalue weighted by Crippen LogP contribution is 1.95. The summed E-state index contributed by atoms with van der Waals surface area (Å²) in [5.74, 6) is 0. The topological polar surface area (TPSA) is 67.5 Å². The average molecular weight is 132 g/mol. The lowest BCUT2D eigenvalue weighted by Gasteiger charge is -2.27. The molecule has 0 radical (unpaired) electrons. The first-order valence-corrected chi connectivity index (χ1v) is 3.02. The molecule has 0 aromatic heterocycles. The molecule has 0 aromatic carbocycles. The van der Waals surface area contributed by atoms with E-state index in [0.29, 0.717) is 13.3 Å². The zero-order chi connectivity index (χ0) is 6.69. The van der Waals surface area contributed by atoms with Gasteiger partial charge in [-0.2, -0.15) is 0 Å². The van der Waals surface area contributed by atoms with Crippen LogP contribution in [0.1, 0.15) is 0 Å². The average Bonchev–Trinajstić information content (AvgIpc) is 1.89. The van der Waals surface area contributed by atoms with Crippen LogP contribution in [0.25, 0.3) is 0 Å². The Bertz CT molecular complexity index is 89.0. The molecule has 9 heavy (non-hydrogen) atoms. The second kappa shape index (κ2) is 3.12. The van der Waals surface area contributed by atoms with E-state index < -0.39 is 0 Å². The molecule has 4 heteroatoms. The number of aliphatic hydroxyl groups is 1. The number of nitrogens with two attached hydrogens (primary N) is 1. The molecule has 2 unspecified atom stereocenters. The van der Waals surface area contributed by atoms with Gasteiger partial charge in [-0.15, -0.1) is 0 Å². The molecule has 1 heterocycles. The van der Waals surface area contributed by atoms with Gasteiger partial charge >= 0.3 is 0 Å². The Morgan fingerprint density at radius 3 is 3.00 bits per heavy atom. The minimum atomic E-state index is -0.0660. The molecule has 0 saturated carbocycles. The molecule has 54 valence electrons. The maximum absolute atomic E-state index is 8.66. The Labute approximate surface area is 54.0 Å².